The highest BCUT2D eigenvalue weighted by atomic mass is 32.1. The standard InChI is InChI=1S/C9H10N2O2S/c1-2-3-4-5-10-9-11-7(6-14-9)8(12)13/h6H,4-5H2,1H3,(H,10,11)(H,12,13). The van der Waals surface area contributed by atoms with Crippen molar-refractivity contribution in [3.05, 3.63) is 11.1 Å². The molecule has 0 amide bonds. The third kappa shape index (κ3) is 3.07. The van der Waals surface area contributed by atoms with Crippen molar-refractivity contribution in [3.8, 4) is 11.8 Å². The Labute approximate surface area is 86.0 Å². The van der Waals surface area contributed by atoms with Crippen molar-refractivity contribution >= 4 is 22.4 Å². The summed E-state index contributed by atoms with van der Waals surface area (Å²) in [5.41, 5.74) is 0.0825. The summed E-state index contributed by atoms with van der Waals surface area (Å²) in [6.07, 6.45) is 0.735. The lowest BCUT2D eigenvalue weighted by molar-refractivity contribution is 0.0691. The van der Waals surface area contributed by atoms with E-state index in [-0.39, 0.29) is 5.69 Å². The number of aromatic carboxylic acids is 1. The number of carboxylic acid groups (broad SMARTS) is 1. The largest absolute Gasteiger partial charge is 0.476 e. The molecule has 0 radical (unpaired) electrons. The van der Waals surface area contributed by atoms with E-state index in [1.54, 1.807) is 6.92 Å². The molecule has 0 bridgehead atoms. The topological polar surface area (TPSA) is 62.2 Å². The Bertz CT molecular complexity index is 376. The van der Waals surface area contributed by atoms with Gasteiger partial charge in [-0.05, 0) is 6.92 Å². The number of anilines is 1. The molecular formula is C9H10N2O2S. The van der Waals surface area contributed by atoms with Gasteiger partial charge in [0.2, 0.25) is 0 Å². The van der Waals surface area contributed by atoms with Crippen molar-refractivity contribution in [2.24, 2.45) is 0 Å². The highest BCUT2D eigenvalue weighted by molar-refractivity contribution is 7.13. The van der Waals surface area contributed by atoms with Crippen LogP contribution in [-0.4, -0.2) is 22.6 Å². The van der Waals surface area contributed by atoms with Gasteiger partial charge in [-0.3, -0.25) is 0 Å². The second-order valence-corrected chi connectivity index (χ2v) is 3.30. The molecule has 0 aromatic carbocycles. The Morgan fingerprint density at radius 1 is 1.79 bits per heavy atom. The maximum atomic E-state index is 10.5. The predicted octanol–water partition coefficient (Wildman–Crippen LogP) is 1.67. The van der Waals surface area contributed by atoms with Crippen LogP contribution in [0.25, 0.3) is 0 Å². The zero-order valence-corrected chi connectivity index (χ0v) is 8.52. The number of nitrogens with zero attached hydrogens (tertiary/aromatic N) is 1. The van der Waals surface area contributed by atoms with E-state index in [4.69, 9.17) is 5.11 Å². The Kier molecular flexibility index (Phi) is 3.95. The van der Waals surface area contributed by atoms with Crippen molar-refractivity contribution in [1.82, 2.24) is 4.98 Å². The van der Waals surface area contributed by atoms with Gasteiger partial charge >= 0.3 is 5.97 Å². The Balaban J connectivity index is 2.42. The van der Waals surface area contributed by atoms with Gasteiger partial charge in [0.1, 0.15) is 0 Å². The summed E-state index contributed by atoms with van der Waals surface area (Å²) in [4.78, 5) is 14.4. The molecule has 1 aromatic heterocycles. The van der Waals surface area contributed by atoms with Crippen molar-refractivity contribution in [1.29, 1.82) is 0 Å². The minimum Gasteiger partial charge on any atom is -0.476 e. The van der Waals surface area contributed by atoms with Gasteiger partial charge in [-0.2, -0.15) is 0 Å². The van der Waals surface area contributed by atoms with E-state index < -0.39 is 5.97 Å². The second-order valence-electron chi connectivity index (χ2n) is 2.45. The molecule has 0 atom stereocenters. The third-order valence-electron chi connectivity index (χ3n) is 1.43. The number of nitrogens with one attached hydrogen (secondary N) is 1. The molecule has 1 rings (SSSR count). The highest BCUT2D eigenvalue weighted by Crippen LogP contribution is 2.14. The van der Waals surface area contributed by atoms with Gasteiger partial charge in [-0.1, -0.05) is 0 Å². The molecule has 14 heavy (non-hydrogen) atoms. The lowest BCUT2D eigenvalue weighted by atomic mass is 10.4. The Hall–Kier alpha value is -1.54. The monoisotopic (exact) mass is 210 g/mol. The average Bonchev–Trinajstić information content (AvgIpc) is 2.61. The number of aromatic nitrogens is 1. The van der Waals surface area contributed by atoms with Crippen molar-refractivity contribution in [2.75, 3.05) is 11.9 Å². The molecule has 1 aromatic rings. The Morgan fingerprint density at radius 2 is 2.57 bits per heavy atom. The first kappa shape index (κ1) is 10.5. The van der Waals surface area contributed by atoms with Crippen LogP contribution in [0.4, 0.5) is 5.13 Å². The fraction of sp³-hybridized carbons (Fsp3) is 0.333. The second kappa shape index (κ2) is 5.25. The van der Waals surface area contributed by atoms with Crippen LogP contribution in [-0.2, 0) is 0 Å². The first-order valence-electron chi connectivity index (χ1n) is 4.06. The highest BCUT2D eigenvalue weighted by Gasteiger charge is 2.07. The van der Waals surface area contributed by atoms with E-state index in [0.29, 0.717) is 11.7 Å². The van der Waals surface area contributed by atoms with Crippen LogP contribution in [0.1, 0.15) is 23.8 Å². The maximum absolute atomic E-state index is 10.5. The normalized spacial score (nSPS) is 8.93. The van der Waals surface area contributed by atoms with Gasteiger partial charge < -0.3 is 10.4 Å². The molecule has 0 aliphatic carbocycles. The molecule has 0 fully saturated rings. The fourth-order valence-electron chi connectivity index (χ4n) is 0.810. The summed E-state index contributed by atoms with van der Waals surface area (Å²) in [6.45, 7) is 2.47. The van der Waals surface area contributed by atoms with E-state index in [9.17, 15) is 4.79 Å². The van der Waals surface area contributed by atoms with Gasteiger partial charge in [-0.25, -0.2) is 9.78 Å². The summed E-state index contributed by atoms with van der Waals surface area (Å²) < 4.78 is 0. The van der Waals surface area contributed by atoms with E-state index in [2.05, 4.69) is 22.1 Å². The van der Waals surface area contributed by atoms with E-state index in [1.807, 2.05) is 0 Å². The maximum Gasteiger partial charge on any atom is 0.355 e. The quantitative estimate of drug-likeness (QED) is 0.586. The number of carbonyl (C=O) groups is 1. The van der Waals surface area contributed by atoms with Gasteiger partial charge in [0, 0.05) is 18.3 Å². The van der Waals surface area contributed by atoms with Gasteiger partial charge in [0.15, 0.2) is 10.8 Å². The number of hydrogen-bond donors (Lipinski definition) is 2. The lowest BCUT2D eigenvalue weighted by Gasteiger charge is -1.96. The molecule has 0 aliphatic rings. The fourth-order valence-corrected chi connectivity index (χ4v) is 1.52. The molecule has 0 spiro atoms. The van der Waals surface area contributed by atoms with Gasteiger partial charge in [-0.15, -0.1) is 23.2 Å². The van der Waals surface area contributed by atoms with Gasteiger partial charge in [0.25, 0.3) is 0 Å². The molecular weight excluding hydrogens is 200 g/mol. The molecule has 74 valence electrons. The first-order chi connectivity index (χ1) is 6.74. The summed E-state index contributed by atoms with van der Waals surface area (Å²) in [7, 11) is 0. The molecule has 0 unspecified atom stereocenters. The summed E-state index contributed by atoms with van der Waals surface area (Å²) in [5, 5.41) is 13.7. The van der Waals surface area contributed by atoms with Gasteiger partial charge in [0.05, 0.1) is 0 Å². The molecule has 5 heteroatoms. The molecule has 0 saturated carbocycles. The summed E-state index contributed by atoms with van der Waals surface area (Å²) >= 11 is 1.28. The summed E-state index contributed by atoms with van der Waals surface area (Å²) in [6, 6.07) is 0. The van der Waals surface area contributed by atoms with Crippen LogP contribution >= 0.6 is 11.3 Å². The van der Waals surface area contributed by atoms with E-state index >= 15 is 0 Å². The molecule has 4 nitrogen and oxygen atoms in total. The van der Waals surface area contributed by atoms with E-state index in [1.165, 1.54) is 16.7 Å². The van der Waals surface area contributed by atoms with E-state index in [0.717, 1.165) is 6.42 Å². The number of thiazole rings is 1. The zero-order chi connectivity index (χ0) is 10.4. The zero-order valence-electron chi connectivity index (χ0n) is 7.70. The Morgan fingerprint density at radius 3 is 3.14 bits per heavy atom. The van der Waals surface area contributed by atoms with Crippen LogP contribution in [0.3, 0.4) is 0 Å². The van der Waals surface area contributed by atoms with Crippen LogP contribution in [0.2, 0.25) is 0 Å². The third-order valence-corrected chi connectivity index (χ3v) is 2.23. The molecule has 0 saturated heterocycles. The van der Waals surface area contributed by atoms with Crippen LogP contribution in [0, 0.1) is 11.8 Å². The first-order valence-corrected chi connectivity index (χ1v) is 4.94. The predicted molar refractivity (Wildman–Crippen MR) is 55.6 cm³/mol. The van der Waals surface area contributed by atoms with Crippen LogP contribution < -0.4 is 5.32 Å². The van der Waals surface area contributed by atoms with Crippen molar-refractivity contribution in [2.45, 2.75) is 13.3 Å². The van der Waals surface area contributed by atoms with Crippen molar-refractivity contribution in [3.63, 3.8) is 0 Å². The van der Waals surface area contributed by atoms with Crippen LogP contribution in [0.5, 0.6) is 0 Å². The van der Waals surface area contributed by atoms with Crippen molar-refractivity contribution < 1.29 is 9.90 Å². The summed E-state index contributed by atoms with van der Waals surface area (Å²) in [5.74, 6) is 4.67. The smallest absolute Gasteiger partial charge is 0.355 e. The number of hydrogen-bond acceptors (Lipinski definition) is 4. The SMILES string of the molecule is CC#CCCNc1nc(C(=O)O)cs1. The number of carboxylic acids is 1. The lowest BCUT2D eigenvalue weighted by Crippen LogP contribution is -2.01. The minimum atomic E-state index is -0.998. The molecule has 2 N–H and O–H groups in total. The minimum absolute atomic E-state index is 0.0825. The molecule has 0 aliphatic heterocycles. The average molecular weight is 210 g/mol. The van der Waals surface area contributed by atoms with Crippen LogP contribution in [0.15, 0.2) is 5.38 Å². The molecule has 1 heterocycles. The number of rotatable bonds is 4.